The lowest BCUT2D eigenvalue weighted by molar-refractivity contribution is -0.137. The van der Waals surface area contributed by atoms with Crippen LogP contribution in [-0.4, -0.2) is 52.7 Å². The number of hydrogen-bond donors (Lipinski definition) is 2. The number of benzene rings is 2. The number of amides is 1. The van der Waals surface area contributed by atoms with Gasteiger partial charge in [-0.05, 0) is 42.5 Å². The molecule has 0 saturated carbocycles. The van der Waals surface area contributed by atoms with Gasteiger partial charge in [0, 0.05) is 5.69 Å². The van der Waals surface area contributed by atoms with E-state index in [2.05, 4.69) is 4.72 Å². The van der Waals surface area contributed by atoms with E-state index in [1.807, 2.05) is 0 Å². The minimum atomic E-state index is -4.11. The van der Waals surface area contributed by atoms with Crippen molar-refractivity contribution in [3.05, 3.63) is 42.5 Å². The Bertz CT molecular complexity index is 1210. The molecule has 0 aromatic heterocycles. The van der Waals surface area contributed by atoms with E-state index in [0.717, 1.165) is 11.0 Å². The lowest BCUT2D eigenvalue weighted by Gasteiger charge is -2.28. The van der Waals surface area contributed by atoms with Crippen LogP contribution in [0.4, 0.5) is 11.4 Å². The van der Waals surface area contributed by atoms with E-state index in [1.165, 1.54) is 43.3 Å². The predicted octanol–water partition coefficient (Wildman–Crippen LogP) is 1.09. The quantitative estimate of drug-likeness (QED) is 0.632. The fourth-order valence-electron chi connectivity index (χ4n) is 2.77. The van der Waals surface area contributed by atoms with E-state index in [9.17, 15) is 26.4 Å². The molecular weight excluding hydrogens is 436 g/mol. The van der Waals surface area contributed by atoms with Gasteiger partial charge in [0.1, 0.15) is 12.3 Å². The van der Waals surface area contributed by atoms with E-state index in [4.69, 9.17) is 9.84 Å². The van der Waals surface area contributed by atoms with Crippen molar-refractivity contribution < 1.29 is 36.3 Å². The molecule has 10 nitrogen and oxygen atoms in total. The SMILES string of the molecule is CCS(=O)(=O)c1ccc(NS(=O)(=O)c2ccc3c(c2)N(CC(=O)O)C(=O)CO3)cc1. The van der Waals surface area contributed by atoms with Crippen LogP contribution < -0.4 is 14.4 Å². The normalized spacial score (nSPS) is 14.0. The highest BCUT2D eigenvalue weighted by molar-refractivity contribution is 7.92. The van der Waals surface area contributed by atoms with E-state index in [1.54, 1.807) is 0 Å². The summed E-state index contributed by atoms with van der Waals surface area (Å²) in [5.74, 6) is -1.77. The molecule has 12 heteroatoms. The summed E-state index contributed by atoms with van der Waals surface area (Å²) in [5, 5.41) is 9.02. The van der Waals surface area contributed by atoms with Crippen LogP contribution in [0, 0.1) is 0 Å². The number of rotatable bonds is 7. The number of carboxylic acids is 1. The maximum absolute atomic E-state index is 12.7. The fraction of sp³-hybridized carbons (Fsp3) is 0.222. The second-order valence-electron chi connectivity index (χ2n) is 6.33. The van der Waals surface area contributed by atoms with Crippen LogP contribution in [0.15, 0.2) is 52.3 Å². The monoisotopic (exact) mass is 454 g/mol. The number of hydrogen-bond acceptors (Lipinski definition) is 7. The number of sulfone groups is 1. The molecule has 2 aromatic rings. The van der Waals surface area contributed by atoms with Gasteiger partial charge in [0.2, 0.25) is 0 Å². The molecule has 30 heavy (non-hydrogen) atoms. The number of ether oxygens (including phenoxy) is 1. The number of nitrogens with one attached hydrogen (secondary N) is 1. The van der Waals surface area contributed by atoms with Gasteiger partial charge < -0.3 is 9.84 Å². The summed E-state index contributed by atoms with van der Waals surface area (Å²) in [6.45, 7) is 0.515. The number of aliphatic carboxylic acids is 1. The maximum atomic E-state index is 12.7. The molecule has 0 unspecified atom stereocenters. The first-order valence-corrected chi connectivity index (χ1v) is 11.8. The summed E-state index contributed by atoms with van der Waals surface area (Å²) < 4.78 is 56.8. The summed E-state index contributed by atoms with van der Waals surface area (Å²) >= 11 is 0. The van der Waals surface area contributed by atoms with Gasteiger partial charge in [0.25, 0.3) is 15.9 Å². The second kappa shape index (κ2) is 7.95. The number of anilines is 2. The molecule has 1 amide bonds. The summed E-state index contributed by atoms with van der Waals surface area (Å²) in [5.41, 5.74) is 0.165. The molecule has 0 aliphatic carbocycles. The molecule has 3 rings (SSSR count). The van der Waals surface area contributed by atoms with Crippen molar-refractivity contribution in [3.8, 4) is 5.75 Å². The summed E-state index contributed by atoms with van der Waals surface area (Å²) in [6, 6.07) is 8.97. The minimum Gasteiger partial charge on any atom is -0.482 e. The molecule has 1 aliphatic heterocycles. The van der Waals surface area contributed by atoms with Crippen molar-refractivity contribution >= 4 is 43.1 Å². The van der Waals surface area contributed by atoms with Gasteiger partial charge in [0.15, 0.2) is 16.4 Å². The Morgan fingerprint density at radius 3 is 2.33 bits per heavy atom. The highest BCUT2D eigenvalue weighted by Crippen LogP contribution is 2.34. The summed E-state index contributed by atoms with van der Waals surface area (Å²) in [4.78, 5) is 23.8. The van der Waals surface area contributed by atoms with Crippen LogP contribution in [-0.2, 0) is 29.4 Å². The molecule has 0 spiro atoms. The molecule has 1 aliphatic rings. The van der Waals surface area contributed by atoms with E-state index in [0.29, 0.717) is 0 Å². The van der Waals surface area contributed by atoms with Crippen molar-refractivity contribution in [2.75, 3.05) is 28.5 Å². The van der Waals surface area contributed by atoms with Crippen LogP contribution in [0.5, 0.6) is 5.75 Å². The number of carboxylic acid groups (broad SMARTS) is 1. The average Bonchev–Trinajstić information content (AvgIpc) is 2.69. The predicted molar refractivity (Wildman–Crippen MR) is 107 cm³/mol. The lowest BCUT2D eigenvalue weighted by atomic mass is 10.2. The molecule has 0 radical (unpaired) electrons. The number of carbonyl (C=O) groups is 2. The molecular formula is C18H18N2O8S2. The molecule has 2 aromatic carbocycles. The largest absolute Gasteiger partial charge is 0.482 e. The number of nitrogens with zero attached hydrogens (tertiary/aromatic N) is 1. The Morgan fingerprint density at radius 2 is 1.73 bits per heavy atom. The van der Waals surface area contributed by atoms with Gasteiger partial charge in [-0.2, -0.15) is 0 Å². The van der Waals surface area contributed by atoms with Crippen LogP contribution in [0.1, 0.15) is 6.92 Å². The van der Waals surface area contributed by atoms with Gasteiger partial charge in [-0.1, -0.05) is 6.92 Å². The first kappa shape index (κ1) is 21.6. The third kappa shape index (κ3) is 4.39. The van der Waals surface area contributed by atoms with Crippen molar-refractivity contribution in [2.24, 2.45) is 0 Å². The second-order valence-corrected chi connectivity index (χ2v) is 10.3. The molecule has 160 valence electrons. The summed E-state index contributed by atoms with van der Waals surface area (Å²) in [6.07, 6.45) is 0. The summed E-state index contributed by atoms with van der Waals surface area (Å²) in [7, 11) is -7.53. The fourth-order valence-corrected chi connectivity index (χ4v) is 4.73. The van der Waals surface area contributed by atoms with Crippen LogP contribution >= 0.6 is 0 Å². The van der Waals surface area contributed by atoms with Crippen LogP contribution in [0.2, 0.25) is 0 Å². The molecule has 0 atom stereocenters. The van der Waals surface area contributed by atoms with E-state index >= 15 is 0 Å². The maximum Gasteiger partial charge on any atom is 0.323 e. The molecule has 0 fully saturated rings. The van der Waals surface area contributed by atoms with Crippen molar-refractivity contribution in [1.82, 2.24) is 0 Å². The molecule has 0 saturated heterocycles. The standard InChI is InChI=1S/C18H18N2O8S2/c1-2-29(24,25)13-5-3-12(4-6-13)19-30(26,27)14-7-8-16-15(9-14)20(10-18(22)23)17(21)11-28-16/h3-9,19H,2,10-11H2,1H3,(H,22,23). The van der Waals surface area contributed by atoms with Gasteiger partial charge in [-0.25, -0.2) is 16.8 Å². The number of fused-ring (bicyclic) bond motifs is 1. The zero-order chi connectivity index (χ0) is 22.1. The number of carbonyl (C=O) groups excluding carboxylic acids is 1. The molecule has 0 bridgehead atoms. The Balaban J connectivity index is 1.91. The van der Waals surface area contributed by atoms with E-state index in [-0.39, 0.29) is 39.3 Å². The third-order valence-corrected chi connectivity index (χ3v) is 7.45. The van der Waals surface area contributed by atoms with Crippen LogP contribution in [0.3, 0.4) is 0 Å². The van der Waals surface area contributed by atoms with Gasteiger partial charge in [0.05, 0.1) is 21.2 Å². The Labute approximate surface area is 173 Å². The minimum absolute atomic E-state index is 0.0286. The highest BCUT2D eigenvalue weighted by atomic mass is 32.2. The van der Waals surface area contributed by atoms with Crippen LogP contribution in [0.25, 0.3) is 0 Å². The third-order valence-electron chi connectivity index (χ3n) is 4.32. The zero-order valence-electron chi connectivity index (χ0n) is 15.7. The van der Waals surface area contributed by atoms with Gasteiger partial charge in [-0.15, -0.1) is 0 Å². The first-order valence-electron chi connectivity index (χ1n) is 8.68. The van der Waals surface area contributed by atoms with Crippen molar-refractivity contribution in [1.29, 1.82) is 0 Å². The Morgan fingerprint density at radius 1 is 1.10 bits per heavy atom. The first-order chi connectivity index (χ1) is 14.0. The van der Waals surface area contributed by atoms with E-state index < -0.39 is 38.3 Å². The molecule has 1 heterocycles. The lowest BCUT2D eigenvalue weighted by Crippen LogP contribution is -2.42. The highest BCUT2D eigenvalue weighted by Gasteiger charge is 2.29. The van der Waals surface area contributed by atoms with Gasteiger partial charge >= 0.3 is 5.97 Å². The topological polar surface area (TPSA) is 147 Å². The number of sulfonamides is 1. The van der Waals surface area contributed by atoms with Crippen molar-refractivity contribution in [2.45, 2.75) is 16.7 Å². The Hall–Kier alpha value is -3.12. The smallest absolute Gasteiger partial charge is 0.323 e. The van der Waals surface area contributed by atoms with Gasteiger partial charge in [-0.3, -0.25) is 19.2 Å². The average molecular weight is 454 g/mol. The zero-order valence-corrected chi connectivity index (χ0v) is 17.4. The Kier molecular flexibility index (Phi) is 5.72. The van der Waals surface area contributed by atoms with Crippen molar-refractivity contribution in [3.63, 3.8) is 0 Å². The molecule has 2 N–H and O–H groups in total.